The van der Waals surface area contributed by atoms with E-state index in [0.717, 1.165) is 0 Å². The minimum Gasteiger partial charge on any atom is -0.309 e. The minimum absolute atomic E-state index is 1.18. The summed E-state index contributed by atoms with van der Waals surface area (Å²) in [5, 5.41) is 7.72. The van der Waals surface area contributed by atoms with Crippen LogP contribution in [-0.2, 0) is 0 Å². The van der Waals surface area contributed by atoms with Crippen molar-refractivity contribution in [3.05, 3.63) is 188 Å². The molecule has 11 rings (SSSR count). The summed E-state index contributed by atoms with van der Waals surface area (Å²) in [4.78, 5) is 0. The average molecular weight is 646 g/mol. The van der Waals surface area contributed by atoms with Gasteiger partial charge in [0.05, 0.1) is 11.0 Å². The van der Waals surface area contributed by atoms with Gasteiger partial charge in [0, 0.05) is 16.5 Å². The van der Waals surface area contributed by atoms with Crippen molar-refractivity contribution in [2.24, 2.45) is 0 Å². The number of benzene rings is 9. The molecule has 1 heteroatoms. The lowest BCUT2D eigenvalue weighted by Gasteiger charge is -2.20. The Morgan fingerprint density at radius 3 is 1.45 bits per heavy atom. The van der Waals surface area contributed by atoms with Gasteiger partial charge < -0.3 is 4.57 Å². The second kappa shape index (κ2) is 10.9. The van der Waals surface area contributed by atoms with Crippen molar-refractivity contribution in [1.82, 2.24) is 4.57 Å². The zero-order chi connectivity index (χ0) is 33.5. The Labute approximate surface area is 296 Å². The van der Waals surface area contributed by atoms with E-state index < -0.39 is 0 Å². The van der Waals surface area contributed by atoms with Crippen LogP contribution < -0.4 is 0 Å². The Morgan fingerprint density at radius 2 is 0.784 bits per heavy atom. The van der Waals surface area contributed by atoms with E-state index in [0.29, 0.717) is 0 Å². The SMILES string of the molecule is c1ccc(-c2c3c(c(-c4ccccc4)c4ccccc24)-c2ccc(-c4ccc5c(c4)c4ccccc4n5-c4ccccc4)c4cccc-3c24)cc1. The summed E-state index contributed by atoms with van der Waals surface area (Å²) in [5.41, 5.74) is 16.5. The highest BCUT2D eigenvalue weighted by atomic mass is 15.0. The van der Waals surface area contributed by atoms with Crippen LogP contribution in [0.4, 0.5) is 0 Å². The first-order valence-electron chi connectivity index (χ1n) is 17.7. The molecular weight excluding hydrogens is 615 g/mol. The highest BCUT2D eigenvalue weighted by Crippen LogP contribution is 2.58. The van der Waals surface area contributed by atoms with Gasteiger partial charge in [0.15, 0.2) is 0 Å². The molecule has 0 saturated carbocycles. The normalized spacial score (nSPS) is 11.9. The topological polar surface area (TPSA) is 4.93 Å². The Balaban J connectivity index is 1.21. The molecule has 0 aliphatic heterocycles. The van der Waals surface area contributed by atoms with Crippen LogP contribution in [0.25, 0.3) is 105 Å². The van der Waals surface area contributed by atoms with Crippen molar-refractivity contribution in [1.29, 1.82) is 0 Å². The molecule has 0 radical (unpaired) electrons. The maximum Gasteiger partial charge on any atom is 0.0541 e. The van der Waals surface area contributed by atoms with Crippen LogP contribution in [0.3, 0.4) is 0 Å². The molecule has 1 heterocycles. The smallest absolute Gasteiger partial charge is 0.0541 e. The van der Waals surface area contributed by atoms with Gasteiger partial charge in [-0.15, -0.1) is 0 Å². The number of nitrogens with zero attached hydrogens (tertiary/aromatic N) is 1. The molecule has 1 nitrogen and oxygen atoms in total. The highest BCUT2D eigenvalue weighted by Gasteiger charge is 2.31. The van der Waals surface area contributed by atoms with Crippen LogP contribution in [0.15, 0.2) is 188 Å². The first-order valence-corrected chi connectivity index (χ1v) is 17.7. The summed E-state index contributed by atoms with van der Waals surface area (Å²) in [6.07, 6.45) is 0. The third-order valence-corrected chi connectivity index (χ3v) is 10.9. The molecule has 236 valence electrons. The monoisotopic (exact) mass is 645 g/mol. The molecule has 10 aromatic rings. The van der Waals surface area contributed by atoms with Crippen molar-refractivity contribution in [2.45, 2.75) is 0 Å². The first-order chi connectivity index (χ1) is 25.3. The largest absolute Gasteiger partial charge is 0.309 e. The second-order valence-electron chi connectivity index (χ2n) is 13.6. The maximum atomic E-state index is 2.41. The van der Waals surface area contributed by atoms with E-state index in [1.54, 1.807) is 0 Å². The van der Waals surface area contributed by atoms with Crippen LogP contribution in [0.5, 0.6) is 0 Å². The Bertz CT molecular complexity index is 2900. The average Bonchev–Trinajstić information content (AvgIpc) is 3.71. The molecule has 51 heavy (non-hydrogen) atoms. The maximum absolute atomic E-state index is 2.41. The summed E-state index contributed by atoms with van der Waals surface area (Å²) >= 11 is 0. The Kier molecular flexibility index (Phi) is 6.02. The van der Waals surface area contributed by atoms with E-state index in [1.165, 1.54) is 105 Å². The molecule has 0 fully saturated rings. The molecule has 1 aromatic heterocycles. The third kappa shape index (κ3) is 4.03. The van der Waals surface area contributed by atoms with Gasteiger partial charge in [0.1, 0.15) is 0 Å². The first kappa shape index (κ1) is 28.2. The fraction of sp³-hybridized carbons (Fsp3) is 0. The van der Waals surface area contributed by atoms with Crippen LogP contribution in [0, 0.1) is 0 Å². The van der Waals surface area contributed by atoms with Crippen LogP contribution in [-0.4, -0.2) is 4.57 Å². The molecule has 0 bridgehead atoms. The van der Waals surface area contributed by atoms with Gasteiger partial charge in [-0.2, -0.15) is 0 Å². The van der Waals surface area contributed by atoms with E-state index in [4.69, 9.17) is 0 Å². The van der Waals surface area contributed by atoms with Gasteiger partial charge >= 0.3 is 0 Å². The quantitative estimate of drug-likeness (QED) is 0.179. The number of fused-ring (bicyclic) bond motifs is 7. The van der Waals surface area contributed by atoms with Gasteiger partial charge in [0.25, 0.3) is 0 Å². The summed E-state index contributed by atoms with van der Waals surface area (Å²) in [6.45, 7) is 0. The Hall–Kier alpha value is -6.70. The second-order valence-corrected chi connectivity index (χ2v) is 13.6. The fourth-order valence-electron chi connectivity index (χ4n) is 8.86. The molecule has 1 aliphatic rings. The standard InChI is InChI=1S/C50H31N/c1-4-15-32(16-5-1)46-39-22-10-11-23-40(39)47(33-17-6-2-7-18-33)50-42-29-28-36(38-24-14-25-41(48(38)42)49(46)50)34-27-30-45-43(31-34)37-21-12-13-26-44(37)51(45)35-19-8-3-9-20-35/h1-31H. The molecule has 0 saturated heterocycles. The molecule has 0 spiro atoms. The highest BCUT2D eigenvalue weighted by molar-refractivity contribution is 6.29. The number of aromatic nitrogens is 1. The van der Waals surface area contributed by atoms with Crippen molar-refractivity contribution < 1.29 is 0 Å². The summed E-state index contributed by atoms with van der Waals surface area (Å²) < 4.78 is 2.39. The van der Waals surface area contributed by atoms with Gasteiger partial charge in [-0.1, -0.05) is 158 Å². The molecular formula is C50H31N. The molecule has 0 amide bonds. The number of para-hydroxylation sites is 2. The lowest BCUT2D eigenvalue weighted by Crippen LogP contribution is -1.93. The third-order valence-electron chi connectivity index (χ3n) is 10.9. The predicted octanol–water partition coefficient (Wildman–Crippen LogP) is 13.7. The minimum atomic E-state index is 1.18. The van der Waals surface area contributed by atoms with Crippen molar-refractivity contribution >= 4 is 43.4 Å². The lowest BCUT2D eigenvalue weighted by atomic mass is 9.82. The van der Waals surface area contributed by atoms with Gasteiger partial charge in [0.2, 0.25) is 0 Å². The molecule has 1 aliphatic carbocycles. The summed E-state index contributed by atoms with van der Waals surface area (Å²) in [7, 11) is 0. The van der Waals surface area contributed by atoms with Crippen LogP contribution in [0.2, 0.25) is 0 Å². The van der Waals surface area contributed by atoms with E-state index in [9.17, 15) is 0 Å². The van der Waals surface area contributed by atoms with Crippen molar-refractivity contribution in [3.63, 3.8) is 0 Å². The number of hydrogen-bond donors (Lipinski definition) is 0. The molecule has 9 aromatic carbocycles. The van der Waals surface area contributed by atoms with Crippen molar-refractivity contribution in [2.75, 3.05) is 0 Å². The molecule has 0 N–H and O–H groups in total. The number of rotatable bonds is 4. The summed E-state index contributed by atoms with van der Waals surface area (Å²) in [5.74, 6) is 0. The van der Waals surface area contributed by atoms with Gasteiger partial charge in [-0.05, 0) is 108 Å². The predicted molar refractivity (Wildman–Crippen MR) is 217 cm³/mol. The molecule has 0 atom stereocenters. The lowest BCUT2D eigenvalue weighted by molar-refractivity contribution is 1.18. The van der Waals surface area contributed by atoms with Crippen LogP contribution >= 0.6 is 0 Å². The van der Waals surface area contributed by atoms with E-state index in [2.05, 4.69) is 193 Å². The van der Waals surface area contributed by atoms with E-state index in [-0.39, 0.29) is 0 Å². The van der Waals surface area contributed by atoms with Crippen molar-refractivity contribution in [3.8, 4) is 61.3 Å². The zero-order valence-corrected chi connectivity index (χ0v) is 27.8. The molecule has 0 unspecified atom stereocenters. The Morgan fingerprint density at radius 1 is 0.275 bits per heavy atom. The van der Waals surface area contributed by atoms with E-state index >= 15 is 0 Å². The fourth-order valence-corrected chi connectivity index (χ4v) is 8.86. The van der Waals surface area contributed by atoms with Gasteiger partial charge in [-0.25, -0.2) is 0 Å². The van der Waals surface area contributed by atoms with Crippen LogP contribution in [0.1, 0.15) is 0 Å². The van der Waals surface area contributed by atoms with Gasteiger partial charge in [-0.3, -0.25) is 0 Å². The zero-order valence-electron chi connectivity index (χ0n) is 27.8. The number of hydrogen-bond acceptors (Lipinski definition) is 0. The van der Waals surface area contributed by atoms with E-state index in [1.807, 2.05) is 0 Å². The summed E-state index contributed by atoms with van der Waals surface area (Å²) in [6, 6.07) is 69.1.